The van der Waals surface area contributed by atoms with Crippen molar-refractivity contribution in [2.75, 3.05) is 34.8 Å². The molecule has 0 radical (unpaired) electrons. The van der Waals surface area contributed by atoms with E-state index in [0.717, 1.165) is 31.7 Å². The molecule has 1 N–H and O–H groups in total. The van der Waals surface area contributed by atoms with Crippen molar-refractivity contribution in [1.82, 2.24) is 9.97 Å². The van der Waals surface area contributed by atoms with Crippen LogP contribution in [0.15, 0.2) is 12.4 Å². The molecule has 21 heavy (non-hydrogen) atoms. The monoisotopic (exact) mass is 312 g/mol. The first-order chi connectivity index (χ1) is 10.0. The van der Waals surface area contributed by atoms with Crippen LogP contribution < -0.4 is 10.2 Å². The van der Waals surface area contributed by atoms with E-state index in [1.54, 1.807) is 6.33 Å². The zero-order valence-electron chi connectivity index (χ0n) is 12.7. The highest BCUT2D eigenvalue weighted by atomic mass is 32.2. The van der Waals surface area contributed by atoms with Gasteiger partial charge in [0.1, 0.15) is 18.0 Å². The molecule has 1 fully saturated rings. The quantitative estimate of drug-likeness (QED) is 0.826. The molecule has 7 heteroatoms. The van der Waals surface area contributed by atoms with Crippen molar-refractivity contribution in [2.24, 2.45) is 0 Å². The molecule has 1 aliphatic heterocycles. The van der Waals surface area contributed by atoms with Gasteiger partial charge in [0.05, 0.1) is 11.5 Å². The fraction of sp³-hybridized carbons (Fsp3) is 0.714. The average Bonchev–Trinajstić information content (AvgIpc) is 2.78. The molecule has 118 valence electrons. The van der Waals surface area contributed by atoms with E-state index in [1.165, 1.54) is 0 Å². The molecule has 0 spiro atoms. The number of hydrogen-bond donors (Lipinski definition) is 1. The van der Waals surface area contributed by atoms with E-state index in [2.05, 4.69) is 34.0 Å². The molecule has 1 aromatic rings. The first-order valence-electron chi connectivity index (χ1n) is 7.58. The highest BCUT2D eigenvalue weighted by Gasteiger charge is 2.28. The lowest BCUT2D eigenvalue weighted by Crippen LogP contribution is -2.26. The lowest BCUT2D eigenvalue weighted by atomic mass is 10.2. The largest absolute Gasteiger partial charge is 0.366 e. The van der Waals surface area contributed by atoms with Crippen LogP contribution in [0.3, 0.4) is 0 Å². The van der Waals surface area contributed by atoms with Crippen molar-refractivity contribution in [3.8, 4) is 0 Å². The summed E-state index contributed by atoms with van der Waals surface area (Å²) in [5.74, 6) is 2.07. The number of hydrogen-bond acceptors (Lipinski definition) is 6. The maximum Gasteiger partial charge on any atom is 0.152 e. The van der Waals surface area contributed by atoms with Crippen LogP contribution in [0.2, 0.25) is 0 Å². The van der Waals surface area contributed by atoms with Crippen molar-refractivity contribution in [1.29, 1.82) is 0 Å². The molecule has 0 aliphatic carbocycles. The van der Waals surface area contributed by atoms with Gasteiger partial charge in [0.25, 0.3) is 0 Å². The second-order valence-corrected chi connectivity index (χ2v) is 7.72. The standard InChI is InChI=1S/C14H24N4O2S/c1-3-6-18(7-4-2)14-9-13(15-11-16-14)17-12-5-8-21(19,20)10-12/h9,11-12H,3-8,10H2,1-2H3,(H,15,16,17). The molecule has 6 nitrogen and oxygen atoms in total. The maximum atomic E-state index is 11.5. The highest BCUT2D eigenvalue weighted by Crippen LogP contribution is 2.19. The SMILES string of the molecule is CCCN(CCC)c1cc(NC2CCS(=O)(=O)C2)ncn1. The molecular formula is C14H24N4O2S. The second kappa shape index (κ2) is 7.06. The summed E-state index contributed by atoms with van der Waals surface area (Å²) in [6.45, 7) is 6.21. The third kappa shape index (κ3) is 4.56. The smallest absolute Gasteiger partial charge is 0.152 e. The predicted octanol–water partition coefficient (Wildman–Crippen LogP) is 1.70. The summed E-state index contributed by atoms with van der Waals surface area (Å²) >= 11 is 0. The molecule has 0 amide bonds. The zero-order valence-corrected chi connectivity index (χ0v) is 13.6. The minimum Gasteiger partial charge on any atom is -0.366 e. The van der Waals surface area contributed by atoms with Crippen LogP contribution in [0, 0.1) is 0 Å². The minimum absolute atomic E-state index is 0.0384. The summed E-state index contributed by atoms with van der Waals surface area (Å²) < 4.78 is 23.0. The van der Waals surface area contributed by atoms with Crippen molar-refractivity contribution < 1.29 is 8.42 Å². The Kier molecular flexibility index (Phi) is 5.39. The molecule has 1 aliphatic rings. The van der Waals surface area contributed by atoms with Crippen LogP contribution in [0.5, 0.6) is 0 Å². The lowest BCUT2D eigenvalue weighted by Gasteiger charge is -2.23. The Bertz CT molecular complexity index is 556. The molecular weight excluding hydrogens is 288 g/mol. The predicted molar refractivity (Wildman–Crippen MR) is 85.5 cm³/mol. The van der Waals surface area contributed by atoms with Crippen molar-refractivity contribution in [2.45, 2.75) is 39.2 Å². The van der Waals surface area contributed by atoms with Crippen molar-refractivity contribution >= 4 is 21.5 Å². The summed E-state index contributed by atoms with van der Waals surface area (Å²) in [5, 5.41) is 3.22. The van der Waals surface area contributed by atoms with Crippen molar-refractivity contribution in [3.05, 3.63) is 12.4 Å². The maximum absolute atomic E-state index is 11.5. The second-order valence-electron chi connectivity index (χ2n) is 5.49. The number of nitrogens with zero attached hydrogens (tertiary/aromatic N) is 3. The molecule has 1 saturated heterocycles. The Balaban J connectivity index is 2.06. The lowest BCUT2D eigenvalue weighted by molar-refractivity contribution is 0.602. The van der Waals surface area contributed by atoms with Crippen LogP contribution in [0.25, 0.3) is 0 Å². The van der Waals surface area contributed by atoms with Crippen LogP contribution in [0.1, 0.15) is 33.1 Å². The first kappa shape index (κ1) is 16.0. The summed E-state index contributed by atoms with van der Waals surface area (Å²) in [6.07, 6.45) is 4.32. The van der Waals surface area contributed by atoms with Crippen LogP contribution >= 0.6 is 0 Å². The van der Waals surface area contributed by atoms with Gasteiger partial charge in [-0.15, -0.1) is 0 Å². The van der Waals surface area contributed by atoms with E-state index in [4.69, 9.17) is 0 Å². The fourth-order valence-electron chi connectivity index (χ4n) is 2.60. The number of sulfone groups is 1. The summed E-state index contributed by atoms with van der Waals surface area (Å²) in [7, 11) is -2.88. The van der Waals surface area contributed by atoms with Gasteiger partial charge in [0.15, 0.2) is 9.84 Å². The highest BCUT2D eigenvalue weighted by molar-refractivity contribution is 7.91. The van der Waals surface area contributed by atoms with Crippen LogP contribution in [-0.4, -0.2) is 49.0 Å². The zero-order chi connectivity index (χ0) is 15.3. The third-order valence-electron chi connectivity index (χ3n) is 3.55. The number of aromatic nitrogens is 2. The average molecular weight is 312 g/mol. The topological polar surface area (TPSA) is 75.2 Å². The summed E-state index contributed by atoms with van der Waals surface area (Å²) in [4.78, 5) is 10.8. The van der Waals surface area contributed by atoms with Crippen LogP contribution in [-0.2, 0) is 9.84 Å². The molecule has 1 atom stereocenters. The summed E-state index contributed by atoms with van der Waals surface area (Å²) in [5.41, 5.74) is 0. The first-order valence-corrected chi connectivity index (χ1v) is 9.40. The van der Waals surface area contributed by atoms with Gasteiger partial charge in [-0.25, -0.2) is 18.4 Å². The Morgan fingerprint density at radius 3 is 2.57 bits per heavy atom. The molecule has 2 rings (SSSR count). The van der Waals surface area contributed by atoms with Gasteiger partial charge in [-0.3, -0.25) is 0 Å². The van der Waals surface area contributed by atoms with E-state index in [0.29, 0.717) is 12.2 Å². The van der Waals surface area contributed by atoms with Gasteiger partial charge < -0.3 is 10.2 Å². The Morgan fingerprint density at radius 1 is 1.29 bits per heavy atom. The molecule has 1 unspecified atom stereocenters. The Hall–Kier alpha value is -1.37. The van der Waals surface area contributed by atoms with Crippen LogP contribution in [0.4, 0.5) is 11.6 Å². The Labute approximate surface area is 126 Å². The fourth-order valence-corrected chi connectivity index (χ4v) is 4.27. The van der Waals surface area contributed by atoms with Gasteiger partial charge in [-0.05, 0) is 19.3 Å². The number of anilines is 2. The molecule has 0 saturated carbocycles. The third-order valence-corrected chi connectivity index (χ3v) is 5.32. The van der Waals surface area contributed by atoms with Gasteiger partial charge >= 0.3 is 0 Å². The number of nitrogens with one attached hydrogen (secondary N) is 1. The normalized spacial score (nSPS) is 20.4. The minimum atomic E-state index is -2.88. The van der Waals surface area contributed by atoms with Gasteiger partial charge in [0, 0.05) is 25.2 Å². The molecule has 0 bridgehead atoms. The Morgan fingerprint density at radius 2 is 2.00 bits per heavy atom. The molecule has 1 aromatic heterocycles. The summed E-state index contributed by atoms with van der Waals surface area (Å²) in [6, 6.07) is 1.87. The number of rotatable bonds is 7. The van der Waals surface area contributed by atoms with E-state index < -0.39 is 9.84 Å². The molecule has 2 heterocycles. The molecule has 0 aromatic carbocycles. The van der Waals surface area contributed by atoms with E-state index in [9.17, 15) is 8.42 Å². The van der Waals surface area contributed by atoms with E-state index in [-0.39, 0.29) is 17.5 Å². The van der Waals surface area contributed by atoms with E-state index in [1.807, 2.05) is 6.07 Å². The van der Waals surface area contributed by atoms with Gasteiger partial charge in [0.2, 0.25) is 0 Å². The van der Waals surface area contributed by atoms with Gasteiger partial charge in [-0.1, -0.05) is 13.8 Å². The van der Waals surface area contributed by atoms with Gasteiger partial charge in [-0.2, -0.15) is 0 Å². The van der Waals surface area contributed by atoms with Crippen molar-refractivity contribution in [3.63, 3.8) is 0 Å². The van der Waals surface area contributed by atoms with E-state index >= 15 is 0 Å².